The van der Waals surface area contributed by atoms with Gasteiger partial charge in [-0.3, -0.25) is 0 Å². The Morgan fingerprint density at radius 2 is 2.00 bits per heavy atom. The third-order valence-electron chi connectivity index (χ3n) is 2.49. The molecule has 3 heteroatoms. The molecule has 0 aromatic heterocycles. The summed E-state index contributed by atoms with van der Waals surface area (Å²) in [6.45, 7) is 7.08. The maximum Gasteiger partial charge on any atom is 0.0477 e. The smallest absolute Gasteiger partial charge is 0.0477 e. The van der Waals surface area contributed by atoms with Gasteiger partial charge in [-0.2, -0.15) is 0 Å². The number of ether oxygens (including phenoxy) is 1. The summed E-state index contributed by atoms with van der Waals surface area (Å²) >= 11 is 0. The third-order valence-corrected chi connectivity index (χ3v) is 2.49. The van der Waals surface area contributed by atoms with Gasteiger partial charge in [0.1, 0.15) is 0 Å². The fourth-order valence-electron chi connectivity index (χ4n) is 1.25. The highest BCUT2D eigenvalue weighted by molar-refractivity contribution is 4.66. The quantitative estimate of drug-likeness (QED) is 0.646. The van der Waals surface area contributed by atoms with Crippen LogP contribution in [0.2, 0.25) is 0 Å². The molecule has 0 saturated carbocycles. The van der Waals surface area contributed by atoms with Gasteiger partial charge in [0, 0.05) is 26.3 Å². The molecule has 0 aliphatic carbocycles. The van der Waals surface area contributed by atoms with Gasteiger partial charge in [0.2, 0.25) is 0 Å². The molecule has 0 heterocycles. The van der Waals surface area contributed by atoms with E-state index < -0.39 is 0 Å². The Balaban J connectivity index is 3.61. The lowest BCUT2D eigenvalue weighted by Gasteiger charge is -2.26. The first-order chi connectivity index (χ1) is 6.11. The normalized spacial score (nSPS) is 16.2. The van der Waals surface area contributed by atoms with Gasteiger partial charge in [0.15, 0.2) is 0 Å². The number of nitrogens with zero attached hydrogens (tertiary/aromatic N) is 1. The molecule has 0 amide bonds. The van der Waals surface area contributed by atoms with E-state index in [0.717, 1.165) is 26.1 Å². The second-order valence-corrected chi connectivity index (χ2v) is 3.91. The van der Waals surface area contributed by atoms with Crippen molar-refractivity contribution in [3.05, 3.63) is 0 Å². The van der Waals surface area contributed by atoms with E-state index in [0.29, 0.717) is 12.0 Å². The molecule has 80 valence electrons. The van der Waals surface area contributed by atoms with E-state index in [2.05, 4.69) is 25.8 Å². The lowest BCUT2D eigenvalue weighted by atomic mass is 10.1. The van der Waals surface area contributed by atoms with Gasteiger partial charge in [0.25, 0.3) is 0 Å². The second-order valence-electron chi connectivity index (χ2n) is 3.91. The van der Waals surface area contributed by atoms with E-state index in [1.54, 1.807) is 7.11 Å². The summed E-state index contributed by atoms with van der Waals surface area (Å²) in [5.74, 6) is 0.579. The lowest BCUT2D eigenvalue weighted by Crippen LogP contribution is -2.35. The zero-order chi connectivity index (χ0) is 10.3. The molecule has 0 radical (unpaired) electrons. The van der Waals surface area contributed by atoms with Crippen LogP contribution in [0.15, 0.2) is 0 Å². The molecular weight excluding hydrogens is 164 g/mol. The van der Waals surface area contributed by atoms with Crippen LogP contribution in [0.4, 0.5) is 0 Å². The zero-order valence-electron chi connectivity index (χ0n) is 9.42. The minimum absolute atomic E-state index is 0.578. The predicted octanol–water partition coefficient (Wildman–Crippen LogP) is 0.938. The van der Waals surface area contributed by atoms with Crippen LogP contribution in [0.5, 0.6) is 0 Å². The van der Waals surface area contributed by atoms with Crippen molar-refractivity contribution < 1.29 is 4.74 Å². The molecule has 2 atom stereocenters. The van der Waals surface area contributed by atoms with Gasteiger partial charge >= 0.3 is 0 Å². The largest absolute Gasteiger partial charge is 0.385 e. The molecular formula is C10H24N2O. The Kier molecular flexibility index (Phi) is 7.23. The van der Waals surface area contributed by atoms with Gasteiger partial charge in [-0.25, -0.2) is 0 Å². The molecule has 2 N–H and O–H groups in total. The molecule has 0 aliphatic heterocycles. The number of hydrogen-bond donors (Lipinski definition) is 1. The summed E-state index contributed by atoms with van der Waals surface area (Å²) in [5.41, 5.74) is 5.57. The summed E-state index contributed by atoms with van der Waals surface area (Å²) < 4.78 is 5.04. The predicted molar refractivity (Wildman–Crippen MR) is 56.8 cm³/mol. The molecule has 0 aliphatic rings. The van der Waals surface area contributed by atoms with E-state index in [1.165, 1.54) is 0 Å². The van der Waals surface area contributed by atoms with Crippen molar-refractivity contribution >= 4 is 0 Å². The number of hydrogen-bond acceptors (Lipinski definition) is 3. The van der Waals surface area contributed by atoms with Crippen LogP contribution in [-0.2, 0) is 4.74 Å². The fourth-order valence-corrected chi connectivity index (χ4v) is 1.25. The lowest BCUT2D eigenvalue weighted by molar-refractivity contribution is 0.145. The molecule has 0 saturated heterocycles. The van der Waals surface area contributed by atoms with Gasteiger partial charge in [-0.1, -0.05) is 6.92 Å². The highest BCUT2D eigenvalue weighted by Crippen LogP contribution is 2.04. The highest BCUT2D eigenvalue weighted by atomic mass is 16.5. The number of methoxy groups -OCH3 is 1. The summed E-state index contributed by atoms with van der Waals surface area (Å²) in [6, 6.07) is 0.578. The van der Waals surface area contributed by atoms with Crippen molar-refractivity contribution in [1.82, 2.24) is 4.90 Å². The first-order valence-corrected chi connectivity index (χ1v) is 5.01. The minimum atomic E-state index is 0.578. The fraction of sp³-hybridized carbons (Fsp3) is 1.00. The Bertz CT molecular complexity index is 119. The SMILES string of the molecule is COCCC(C)N(C)CC(C)CN. The first-order valence-electron chi connectivity index (χ1n) is 5.01. The van der Waals surface area contributed by atoms with Crippen molar-refractivity contribution in [2.45, 2.75) is 26.3 Å². The number of rotatable bonds is 7. The molecule has 13 heavy (non-hydrogen) atoms. The summed E-state index contributed by atoms with van der Waals surface area (Å²) in [6.07, 6.45) is 1.09. The monoisotopic (exact) mass is 188 g/mol. The highest BCUT2D eigenvalue weighted by Gasteiger charge is 2.11. The maximum atomic E-state index is 5.57. The van der Waals surface area contributed by atoms with Crippen LogP contribution < -0.4 is 5.73 Å². The van der Waals surface area contributed by atoms with Crippen LogP contribution in [-0.4, -0.2) is 44.8 Å². The van der Waals surface area contributed by atoms with Crippen molar-refractivity contribution in [1.29, 1.82) is 0 Å². The molecule has 0 bridgehead atoms. The Hall–Kier alpha value is -0.120. The van der Waals surface area contributed by atoms with E-state index in [4.69, 9.17) is 10.5 Å². The summed E-state index contributed by atoms with van der Waals surface area (Å²) in [5, 5.41) is 0. The maximum absolute atomic E-state index is 5.57. The molecule has 2 unspecified atom stereocenters. The van der Waals surface area contributed by atoms with E-state index in [9.17, 15) is 0 Å². The molecule has 3 nitrogen and oxygen atoms in total. The van der Waals surface area contributed by atoms with Crippen LogP contribution in [0.1, 0.15) is 20.3 Å². The van der Waals surface area contributed by atoms with Gasteiger partial charge in [-0.05, 0) is 32.9 Å². The third kappa shape index (κ3) is 6.02. The van der Waals surface area contributed by atoms with Gasteiger partial charge < -0.3 is 15.4 Å². The van der Waals surface area contributed by atoms with E-state index in [1.807, 2.05) is 0 Å². The van der Waals surface area contributed by atoms with Crippen LogP contribution in [0.25, 0.3) is 0 Å². The average molecular weight is 188 g/mol. The van der Waals surface area contributed by atoms with Crippen molar-refractivity contribution in [3.63, 3.8) is 0 Å². The Morgan fingerprint density at radius 3 is 2.46 bits per heavy atom. The minimum Gasteiger partial charge on any atom is -0.385 e. The van der Waals surface area contributed by atoms with Crippen molar-refractivity contribution in [3.8, 4) is 0 Å². The van der Waals surface area contributed by atoms with E-state index >= 15 is 0 Å². The summed E-state index contributed by atoms with van der Waals surface area (Å²) in [4.78, 5) is 2.34. The molecule has 0 aromatic carbocycles. The van der Waals surface area contributed by atoms with Crippen LogP contribution in [0.3, 0.4) is 0 Å². The molecule has 0 aromatic rings. The molecule has 0 fully saturated rings. The molecule has 0 rings (SSSR count). The topological polar surface area (TPSA) is 38.5 Å². The van der Waals surface area contributed by atoms with Crippen LogP contribution in [0, 0.1) is 5.92 Å². The van der Waals surface area contributed by atoms with Gasteiger partial charge in [0.05, 0.1) is 0 Å². The van der Waals surface area contributed by atoms with Crippen LogP contribution >= 0.6 is 0 Å². The first kappa shape index (κ1) is 12.9. The molecule has 0 spiro atoms. The zero-order valence-corrected chi connectivity index (χ0v) is 9.42. The second kappa shape index (κ2) is 7.30. The van der Waals surface area contributed by atoms with Crippen molar-refractivity contribution in [2.24, 2.45) is 11.7 Å². The standard InChI is InChI=1S/C10H24N2O/c1-9(7-11)8-12(3)10(2)5-6-13-4/h9-10H,5-8,11H2,1-4H3. The number of nitrogens with two attached hydrogens (primary N) is 1. The average Bonchev–Trinajstić information content (AvgIpc) is 2.13. The Labute approximate surface area is 82.2 Å². The van der Waals surface area contributed by atoms with Crippen molar-refractivity contribution in [2.75, 3.05) is 33.9 Å². The summed E-state index contributed by atoms with van der Waals surface area (Å²) in [7, 11) is 3.89. The van der Waals surface area contributed by atoms with Gasteiger partial charge in [-0.15, -0.1) is 0 Å². The van der Waals surface area contributed by atoms with E-state index in [-0.39, 0.29) is 0 Å². The Morgan fingerprint density at radius 1 is 1.38 bits per heavy atom.